The van der Waals surface area contributed by atoms with E-state index in [1.54, 1.807) is 11.4 Å². The van der Waals surface area contributed by atoms with Crippen LogP contribution in [0.3, 0.4) is 0 Å². The van der Waals surface area contributed by atoms with Crippen LogP contribution in [0.5, 0.6) is 5.75 Å². The van der Waals surface area contributed by atoms with Gasteiger partial charge in [0.05, 0.1) is 7.11 Å². The Morgan fingerprint density at radius 2 is 1.62 bits per heavy atom. The molecule has 0 radical (unpaired) electrons. The van der Waals surface area contributed by atoms with Crippen LogP contribution in [-0.2, 0) is 10.2 Å². The number of benzene rings is 1. The summed E-state index contributed by atoms with van der Waals surface area (Å²) >= 11 is 0. The number of hydrogen-bond donors (Lipinski definition) is 1. The highest BCUT2D eigenvalue weighted by Crippen LogP contribution is 2.22. The normalized spacial score (nSPS) is 21.0. The molecule has 0 atom stereocenters. The van der Waals surface area contributed by atoms with Crippen LogP contribution in [0.25, 0.3) is 0 Å². The Morgan fingerprint density at radius 3 is 2.21 bits per heavy atom. The molecule has 0 aromatic heterocycles. The van der Waals surface area contributed by atoms with E-state index >= 15 is 0 Å². The zero-order chi connectivity index (χ0) is 17.0. The molecule has 24 heavy (non-hydrogen) atoms. The maximum Gasteiger partial charge on any atom is 0.279 e. The van der Waals surface area contributed by atoms with Crippen molar-refractivity contribution in [1.29, 1.82) is 0 Å². The lowest BCUT2D eigenvalue weighted by atomic mass is 9.96. The molecule has 6 nitrogen and oxygen atoms in total. The van der Waals surface area contributed by atoms with Gasteiger partial charge in [-0.2, -0.15) is 17.4 Å². The number of nitrogens with one attached hydrogen (secondary N) is 1. The zero-order valence-corrected chi connectivity index (χ0v) is 15.1. The number of nitrogens with zero attached hydrogens (tertiary/aromatic N) is 2. The van der Waals surface area contributed by atoms with Crippen LogP contribution in [0, 0.1) is 0 Å². The molecule has 0 unspecified atom stereocenters. The van der Waals surface area contributed by atoms with Crippen molar-refractivity contribution in [2.75, 3.05) is 38.2 Å². The van der Waals surface area contributed by atoms with Crippen LogP contribution in [-0.4, -0.2) is 52.1 Å². The molecule has 2 aliphatic rings. The molecule has 1 heterocycles. The van der Waals surface area contributed by atoms with Gasteiger partial charge in [-0.05, 0) is 37.1 Å². The van der Waals surface area contributed by atoms with Crippen LogP contribution in [0.2, 0.25) is 0 Å². The molecule has 1 aromatic carbocycles. The van der Waals surface area contributed by atoms with Crippen LogP contribution >= 0.6 is 0 Å². The zero-order valence-electron chi connectivity index (χ0n) is 14.3. The molecule has 1 aliphatic carbocycles. The first-order chi connectivity index (χ1) is 11.6. The van der Waals surface area contributed by atoms with E-state index in [0.29, 0.717) is 26.2 Å². The van der Waals surface area contributed by atoms with Gasteiger partial charge in [0.1, 0.15) is 5.75 Å². The average molecular weight is 353 g/mol. The number of anilines is 1. The second kappa shape index (κ2) is 7.72. The van der Waals surface area contributed by atoms with Gasteiger partial charge in [0.25, 0.3) is 10.2 Å². The van der Waals surface area contributed by atoms with Crippen LogP contribution in [0.15, 0.2) is 24.3 Å². The van der Waals surface area contributed by atoms with Crippen molar-refractivity contribution in [3.05, 3.63) is 24.3 Å². The third kappa shape index (κ3) is 4.20. The molecule has 1 saturated carbocycles. The highest BCUT2D eigenvalue weighted by Gasteiger charge is 2.29. The maximum absolute atomic E-state index is 12.6. The fourth-order valence-electron chi connectivity index (χ4n) is 3.49. The molecule has 134 valence electrons. The van der Waals surface area contributed by atoms with Gasteiger partial charge >= 0.3 is 0 Å². The second-order valence-corrected chi connectivity index (χ2v) is 8.24. The summed E-state index contributed by atoms with van der Waals surface area (Å²) in [5, 5.41) is 0. The Kier molecular flexibility index (Phi) is 5.63. The topological polar surface area (TPSA) is 61.9 Å². The van der Waals surface area contributed by atoms with Crippen molar-refractivity contribution < 1.29 is 13.2 Å². The van der Waals surface area contributed by atoms with Gasteiger partial charge in [-0.25, -0.2) is 0 Å². The Morgan fingerprint density at radius 1 is 1.00 bits per heavy atom. The van der Waals surface area contributed by atoms with Gasteiger partial charge in [0.15, 0.2) is 0 Å². The van der Waals surface area contributed by atoms with E-state index in [1.165, 1.54) is 6.42 Å². The molecule has 1 aromatic rings. The molecule has 0 spiro atoms. The van der Waals surface area contributed by atoms with Gasteiger partial charge < -0.3 is 9.64 Å². The van der Waals surface area contributed by atoms with E-state index < -0.39 is 10.2 Å². The number of methoxy groups -OCH3 is 1. The maximum atomic E-state index is 12.6. The quantitative estimate of drug-likeness (QED) is 0.879. The minimum absolute atomic E-state index is 0.114. The SMILES string of the molecule is COc1ccc(N2CCN(S(=O)(=O)NC3CCCCC3)CC2)cc1. The fourth-order valence-corrected chi connectivity index (χ4v) is 4.94. The average Bonchev–Trinajstić information content (AvgIpc) is 2.62. The highest BCUT2D eigenvalue weighted by molar-refractivity contribution is 7.87. The van der Waals surface area contributed by atoms with Gasteiger partial charge in [-0.3, -0.25) is 0 Å². The van der Waals surface area contributed by atoms with Gasteiger partial charge in [0.2, 0.25) is 0 Å². The molecular weight excluding hydrogens is 326 g/mol. The number of rotatable bonds is 5. The molecule has 0 amide bonds. The predicted molar refractivity (Wildman–Crippen MR) is 95.7 cm³/mol. The monoisotopic (exact) mass is 353 g/mol. The molecular formula is C17H27N3O3S. The first-order valence-corrected chi connectivity index (χ1v) is 10.2. The summed E-state index contributed by atoms with van der Waals surface area (Å²) in [6.45, 7) is 2.46. The van der Waals surface area contributed by atoms with E-state index in [4.69, 9.17) is 4.74 Å². The van der Waals surface area contributed by atoms with Crippen LogP contribution in [0.1, 0.15) is 32.1 Å². The van der Waals surface area contributed by atoms with E-state index in [1.807, 2.05) is 24.3 Å². The fraction of sp³-hybridized carbons (Fsp3) is 0.647. The molecule has 1 saturated heterocycles. The number of piperazine rings is 1. The summed E-state index contributed by atoms with van der Waals surface area (Å²) in [5.41, 5.74) is 1.10. The molecule has 1 aliphatic heterocycles. The van der Waals surface area contributed by atoms with Gasteiger partial charge in [-0.15, -0.1) is 0 Å². The van der Waals surface area contributed by atoms with Crippen LogP contribution in [0.4, 0.5) is 5.69 Å². The summed E-state index contributed by atoms with van der Waals surface area (Å²) in [5.74, 6) is 0.830. The first-order valence-electron chi connectivity index (χ1n) is 8.75. The Balaban J connectivity index is 1.55. The Hall–Kier alpha value is -1.31. The predicted octanol–water partition coefficient (Wildman–Crippen LogP) is 1.98. The Bertz CT molecular complexity index is 619. The summed E-state index contributed by atoms with van der Waals surface area (Å²) in [6, 6.07) is 8.02. The van der Waals surface area contributed by atoms with Crippen LogP contribution < -0.4 is 14.4 Å². The molecule has 2 fully saturated rings. The van der Waals surface area contributed by atoms with E-state index in [9.17, 15) is 8.42 Å². The number of ether oxygens (including phenoxy) is 1. The number of hydrogen-bond acceptors (Lipinski definition) is 4. The summed E-state index contributed by atoms with van der Waals surface area (Å²) in [7, 11) is -1.71. The summed E-state index contributed by atoms with van der Waals surface area (Å²) in [6.07, 6.45) is 5.39. The van der Waals surface area contributed by atoms with Crippen molar-refractivity contribution in [3.8, 4) is 5.75 Å². The smallest absolute Gasteiger partial charge is 0.279 e. The van der Waals surface area contributed by atoms with Crippen molar-refractivity contribution in [2.24, 2.45) is 0 Å². The third-order valence-corrected chi connectivity index (χ3v) is 6.61. The standard InChI is InChI=1S/C17H27N3O3S/c1-23-17-9-7-16(8-10-17)19-11-13-20(14-12-19)24(21,22)18-15-5-3-2-4-6-15/h7-10,15,18H,2-6,11-14H2,1H3. The van der Waals surface area contributed by atoms with Gasteiger partial charge in [-0.1, -0.05) is 19.3 Å². The summed E-state index contributed by atoms with van der Waals surface area (Å²) < 4.78 is 34.8. The van der Waals surface area contributed by atoms with Gasteiger partial charge in [0, 0.05) is 37.9 Å². The minimum atomic E-state index is -3.36. The van der Waals surface area contributed by atoms with E-state index in [0.717, 1.165) is 37.1 Å². The third-order valence-electron chi connectivity index (χ3n) is 4.94. The van der Waals surface area contributed by atoms with Crippen molar-refractivity contribution in [2.45, 2.75) is 38.1 Å². The first kappa shape index (κ1) is 17.5. The largest absolute Gasteiger partial charge is 0.497 e. The molecule has 7 heteroatoms. The lowest BCUT2D eigenvalue weighted by Crippen LogP contribution is -2.53. The summed E-state index contributed by atoms with van der Waals surface area (Å²) in [4.78, 5) is 2.21. The molecule has 3 rings (SSSR count). The van der Waals surface area contributed by atoms with Crippen molar-refractivity contribution in [3.63, 3.8) is 0 Å². The Labute approximate surface area is 145 Å². The lowest BCUT2D eigenvalue weighted by molar-refractivity contribution is 0.357. The highest BCUT2D eigenvalue weighted by atomic mass is 32.2. The second-order valence-electron chi connectivity index (χ2n) is 6.54. The lowest BCUT2D eigenvalue weighted by Gasteiger charge is -2.36. The molecule has 0 bridgehead atoms. The van der Waals surface area contributed by atoms with Crippen molar-refractivity contribution in [1.82, 2.24) is 9.03 Å². The van der Waals surface area contributed by atoms with Crippen molar-refractivity contribution >= 4 is 15.9 Å². The van der Waals surface area contributed by atoms with E-state index in [-0.39, 0.29) is 6.04 Å². The minimum Gasteiger partial charge on any atom is -0.497 e. The van der Waals surface area contributed by atoms with E-state index in [2.05, 4.69) is 9.62 Å². The molecule has 1 N–H and O–H groups in total.